The lowest BCUT2D eigenvalue weighted by Gasteiger charge is -2.30. The second-order valence-corrected chi connectivity index (χ2v) is 5.06. The van der Waals surface area contributed by atoms with Gasteiger partial charge in [0.1, 0.15) is 0 Å². The molecule has 18 heavy (non-hydrogen) atoms. The number of anilines is 1. The third kappa shape index (κ3) is 2.08. The van der Waals surface area contributed by atoms with Crippen LogP contribution in [0.3, 0.4) is 0 Å². The zero-order chi connectivity index (χ0) is 12.5. The normalized spacial score (nSPS) is 30.2. The van der Waals surface area contributed by atoms with Crippen LogP contribution in [0.25, 0.3) is 0 Å². The number of nitrogens with one attached hydrogen (secondary N) is 3. The first-order chi connectivity index (χ1) is 8.76. The van der Waals surface area contributed by atoms with E-state index in [1.165, 1.54) is 26.3 Å². The Bertz CT molecular complexity index is 475. The number of hydrogen-bond acceptors (Lipinski definition) is 5. The molecule has 0 aromatic carbocycles. The number of aromatic amines is 1. The predicted octanol–water partition coefficient (Wildman–Crippen LogP) is 0.473. The molecule has 3 heterocycles. The van der Waals surface area contributed by atoms with Crippen LogP contribution in [0.4, 0.5) is 5.82 Å². The van der Waals surface area contributed by atoms with Crippen molar-refractivity contribution in [3.8, 4) is 5.75 Å². The summed E-state index contributed by atoms with van der Waals surface area (Å²) in [5.41, 5.74) is -0.244. The highest BCUT2D eigenvalue weighted by molar-refractivity contribution is 5.48. The van der Waals surface area contributed by atoms with Crippen molar-refractivity contribution >= 4 is 5.82 Å². The van der Waals surface area contributed by atoms with Crippen LogP contribution in [-0.4, -0.2) is 35.2 Å². The molecule has 0 spiro atoms. The van der Waals surface area contributed by atoms with Crippen LogP contribution >= 0.6 is 0 Å². The van der Waals surface area contributed by atoms with Gasteiger partial charge in [-0.15, -0.1) is 0 Å². The molecule has 2 saturated heterocycles. The van der Waals surface area contributed by atoms with E-state index in [0.717, 1.165) is 12.8 Å². The Labute approximate surface area is 105 Å². The fraction of sp³-hybridized carbons (Fsp3) is 0.667. The quantitative estimate of drug-likeness (QED) is 0.727. The van der Waals surface area contributed by atoms with Gasteiger partial charge in [0, 0.05) is 18.1 Å². The van der Waals surface area contributed by atoms with Crippen LogP contribution in [0.15, 0.2) is 11.1 Å². The molecule has 0 radical (unpaired) electrons. The highest BCUT2D eigenvalue weighted by atomic mass is 16.5. The van der Waals surface area contributed by atoms with Crippen LogP contribution in [-0.2, 0) is 0 Å². The van der Waals surface area contributed by atoms with E-state index < -0.39 is 0 Å². The van der Waals surface area contributed by atoms with Crippen LogP contribution in [0, 0.1) is 0 Å². The summed E-state index contributed by atoms with van der Waals surface area (Å²) in [6.07, 6.45) is 6.07. The number of H-pyrrole nitrogens is 1. The lowest BCUT2D eigenvalue weighted by molar-refractivity contribution is 0.373. The van der Waals surface area contributed by atoms with Gasteiger partial charge < -0.3 is 20.4 Å². The molecule has 0 amide bonds. The minimum atomic E-state index is -0.244. The molecule has 2 fully saturated rings. The third-order valence-corrected chi connectivity index (χ3v) is 3.83. The highest BCUT2D eigenvalue weighted by Gasteiger charge is 2.33. The summed E-state index contributed by atoms with van der Waals surface area (Å²) in [4.78, 5) is 18.3. The zero-order valence-corrected chi connectivity index (χ0v) is 10.4. The van der Waals surface area contributed by atoms with Gasteiger partial charge in [-0.1, -0.05) is 0 Å². The first-order valence-corrected chi connectivity index (χ1v) is 6.40. The first kappa shape index (κ1) is 11.5. The minimum Gasteiger partial charge on any atom is -0.489 e. The maximum Gasteiger partial charge on any atom is 0.295 e. The molecule has 6 nitrogen and oxygen atoms in total. The Kier molecular flexibility index (Phi) is 2.95. The molecule has 3 rings (SSSR count). The van der Waals surface area contributed by atoms with Crippen LogP contribution < -0.4 is 20.9 Å². The zero-order valence-electron chi connectivity index (χ0n) is 10.4. The molecule has 1 aromatic heterocycles. The van der Waals surface area contributed by atoms with Crippen molar-refractivity contribution in [2.24, 2.45) is 0 Å². The fourth-order valence-electron chi connectivity index (χ4n) is 3.05. The number of methoxy groups -OCH3 is 1. The largest absolute Gasteiger partial charge is 0.489 e. The van der Waals surface area contributed by atoms with E-state index in [9.17, 15) is 4.79 Å². The van der Waals surface area contributed by atoms with Crippen molar-refractivity contribution in [2.75, 3.05) is 12.4 Å². The molecule has 3 N–H and O–H groups in total. The Morgan fingerprint density at radius 2 is 2.11 bits per heavy atom. The molecule has 2 aliphatic heterocycles. The van der Waals surface area contributed by atoms with E-state index >= 15 is 0 Å². The number of piperidine rings is 1. The lowest BCUT2D eigenvalue weighted by Crippen LogP contribution is -2.43. The fourth-order valence-corrected chi connectivity index (χ4v) is 3.05. The summed E-state index contributed by atoms with van der Waals surface area (Å²) < 4.78 is 5.10. The molecule has 2 aliphatic rings. The predicted molar refractivity (Wildman–Crippen MR) is 68.0 cm³/mol. The van der Waals surface area contributed by atoms with Crippen molar-refractivity contribution in [3.05, 3.63) is 16.7 Å². The summed E-state index contributed by atoms with van der Waals surface area (Å²) in [6, 6.07) is 1.58. The third-order valence-electron chi connectivity index (χ3n) is 3.83. The maximum atomic E-state index is 11.6. The van der Waals surface area contributed by atoms with Crippen molar-refractivity contribution < 1.29 is 4.74 Å². The number of rotatable bonds is 3. The molecule has 0 aliphatic carbocycles. The number of aromatic nitrogens is 2. The molecule has 2 atom stereocenters. The van der Waals surface area contributed by atoms with Gasteiger partial charge in [0.25, 0.3) is 5.56 Å². The molecule has 2 unspecified atom stereocenters. The van der Waals surface area contributed by atoms with Gasteiger partial charge in [0.15, 0.2) is 5.82 Å². The summed E-state index contributed by atoms with van der Waals surface area (Å²) in [5.74, 6) is 0.816. The maximum absolute atomic E-state index is 11.6. The van der Waals surface area contributed by atoms with E-state index in [2.05, 4.69) is 20.6 Å². The van der Waals surface area contributed by atoms with Crippen LogP contribution in [0.1, 0.15) is 25.7 Å². The van der Waals surface area contributed by atoms with Gasteiger partial charge >= 0.3 is 0 Å². The van der Waals surface area contributed by atoms with E-state index in [4.69, 9.17) is 4.74 Å². The van der Waals surface area contributed by atoms with Crippen LogP contribution in [0.5, 0.6) is 5.75 Å². The average Bonchev–Trinajstić information content (AvgIpc) is 2.69. The van der Waals surface area contributed by atoms with Crippen molar-refractivity contribution in [3.63, 3.8) is 0 Å². The molecular weight excluding hydrogens is 232 g/mol. The van der Waals surface area contributed by atoms with Gasteiger partial charge in [-0.3, -0.25) is 4.79 Å². The van der Waals surface area contributed by atoms with Gasteiger partial charge in [0.2, 0.25) is 5.75 Å². The van der Waals surface area contributed by atoms with Crippen molar-refractivity contribution in [2.45, 2.75) is 43.8 Å². The second-order valence-electron chi connectivity index (χ2n) is 5.06. The number of ether oxygens (including phenoxy) is 1. The highest BCUT2D eigenvalue weighted by Crippen LogP contribution is 2.29. The van der Waals surface area contributed by atoms with E-state index in [0.29, 0.717) is 23.9 Å². The summed E-state index contributed by atoms with van der Waals surface area (Å²) in [7, 11) is 1.49. The molecule has 1 aromatic rings. The second kappa shape index (κ2) is 4.61. The minimum absolute atomic E-state index is 0.244. The van der Waals surface area contributed by atoms with Gasteiger partial charge in [-0.2, -0.15) is 0 Å². The van der Waals surface area contributed by atoms with Crippen LogP contribution in [0.2, 0.25) is 0 Å². The van der Waals surface area contributed by atoms with Crippen molar-refractivity contribution in [1.29, 1.82) is 0 Å². The summed E-state index contributed by atoms with van der Waals surface area (Å²) in [6.45, 7) is 0. The molecule has 98 valence electrons. The van der Waals surface area contributed by atoms with Gasteiger partial charge in [0.05, 0.1) is 13.4 Å². The Morgan fingerprint density at radius 3 is 2.78 bits per heavy atom. The SMILES string of the molecule is COc1c(NC2CC3CCC(C2)N3)nc[nH]c1=O. The van der Waals surface area contributed by atoms with Gasteiger partial charge in [-0.05, 0) is 25.7 Å². The van der Waals surface area contributed by atoms with E-state index in [1.54, 1.807) is 0 Å². The average molecular weight is 250 g/mol. The summed E-state index contributed by atoms with van der Waals surface area (Å²) >= 11 is 0. The number of fused-ring (bicyclic) bond motifs is 2. The van der Waals surface area contributed by atoms with Crippen molar-refractivity contribution in [1.82, 2.24) is 15.3 Å². The first-order valence-electron chi connectivity index (χ1n) is 6.40. The Morgan fingerprint density at radius 1 is 1.39 bits per heavy atom. The monoisotopic (exact) mass is 250 g/mol. The Balaban J connectivity index is 1.77. The molecule has 0 saturated carbocycles. The standard InChI is InChI=1S/C12H18N4O2/c1-18-10-11(13-6-14-12(10)17)16-9-4-7-2-3-8(5-9)15-7/h6-9,15H,2-5H2,1H3,(H2,13,14,16,17). The molecule has 2 bridgehead atoms. The lowest BCUT2D eigenvalue weighted by atomic mass is 10.00. The molecule has 6 heteroatoms. The number of hydrogen-bond donors (Lipinski definition) is 3. The van der Waals surface area contributed by atoms with E-state index in [-0.39, 0.29) is 11.3 Å². The number of nitrogens with zero attached hydrogens (tertiary/aromatic N) is 1. The smallest absolute Gasteiger partial charge is 0.295 e. The van der Waals surface area contributed by atoms with E-state index in [1.807, 2.05) is 0 Å². The summed E-state index contributed by atoms with van der Waals surface area (Å²) in [5, 5.41) is 6.93. The Hall–Kier alpha value is -1.56. The van der Waals surface area contributed by atoms with Gasteiger partial charge in [-0.25, -0.2) is 4.98 Å². The molecular formula is C12H18N4O2. The topological polar surface area (TPSA) is 79.0 Å².